The van der Waals surface area contributed by atoms with Gasteiger partial charge in [-0.3, -0.25) is 4.79 Å². The van der Waals surface area contributed by atoms with Crippen LogP contribution in [0.5, 0.6) is 0 Å². The minimum atomic E-state index is -0.811. The maximum atomic E-state index is 14.7. The molecule has 154 valence electrons. The predicted octanol–water partition coefficient (Wildman–Crippen LogP) is 4.16. The molecule has 2 unspecified atom stereocenters. The maximum Gasteiger partial charge on any atom is 0.317 e. The molecule has 28 heavy (non-hydrogen) atoms. The third kappa shape index (κ3) is 4.74. The lowest BCUT2D eigenvalue weighted by atomic mass is 9.91. The molecule has 2 atom stereocenters. The number of carbonyl (C=O) groups excluding carboxylic acids is 2. The fraction of sp³-hybridized carbons (Fsp3) is 0.600. The molecule has 1 saturated carbocycles. The van der Waals surface area contributed by atoms with Crippen molar-refractivity contribution in [1.82, 2.24) is 15.5 Å². The van der Waals surface area contributed by atoms with Crippen LogP contribution in [-0.2, 0) is 4.79 Å². The van der Waals surface area contributed by atoms with Crippen molar-refractivity contribution in [1.29, 1.82) is 0 Å². The lowest BCUT2D eigenvalue weighted by Crippen LogP contribution is -2.53. The van der Waals surface area contributed by atoms with Gasteiger partial charge >= 0.3 is 6.03 Å². The summed E-state index contributed by atoms with van der Waals surface area (Å²) in [7, 11) is 0. The number of halogens is 3. The van der Waals surface area contributed by atoms with E-state index in [9.17, 15) is 18.4 Å². The first-order valence-corrected chi connectivity index (χ1v) is 10.2. The molecular weight excluding hydrogens is 388 g/mol. The Labute approximate surface area is 168 Å². The molecule has 1 heterocycles. The van der Waals surface area contributed by atoms with E-state index >= 15 is 0 Å². The molecule has 1 aromatic carbocycles. The van der Waals surface area contributed by atoms with Crippen molar-refractivity contribution in [3.05, 3.63) is 34.4 Å². The van der Waals surface area contributed by atoms with Crippen molar-refractivity contribution < 1.29 is 18.4 Å². The van der Waals surface area contributed by atoms with E-state index in [0.29, 0.717) is 13.1 Å². The number of carbonyl (C=O) groups is 2. The summed E-state index contributed by atoms with van der Waals surface area (Å²) in [6.45, 7) is 2.36. The lowest BCUT2D eigenvalue weighted by molar-refractivity contribution is -0.119. The third-order valence-electron chi connectivity index (χ3n) is 5.66. The summed E-state index contributed by atoms with van der Waals surface area (Å²) in [5.41, 5.74) is -0.164. The Morgan fingerprint density at radius 2 is 1.89 bits per heavy atom. The third-order valence-corrected chi connectivity index (χ3v) is 5.95. The smallest absolute Gasteiger partial charge is 0.317 e. The van der Waals surface area contributed by atoms with Crippen molar-refractivity contribution >= 4 is 23.5 Å². The van der Waals surface area contributed by atoms with Gasteiger partial charge in [-0.1, -0.05) is 24.4 Å². The zero-order valence-electron chi connectivity index (χ0n) is 15.9. The van der Waals surface area contributed by atoms with Gasteiger partial charge in [0.25, 0.3) is 0 Å². The van der Waals surface area contributed by atoms with Crippen molar-refractivity contribution in [3.8, 4) is 0 Å². The minimum Gasteiger partial charge on any atom is -0.352 e. The van der Waals surface area contributed by atoms with E-state index < -0.39 is 17.7 Å². The molecule has 1 aromatic rings. The predicted molar refractivity (Wildman–Crippen MR) is 103 cm³/mol. The Bertz CT molecular complexity index is 740. The van der Waals surface area contributed by atoms with E-state index in [2.05, 4.69) is 10.6 Å². The summed E-state index contributed by atoms with van der Waals surface area (Å²) in [4.78, 5) is 25.8. The van der Waals surface area contributed by atoms with Crippen LogP contribution < -0.4 is 10.6 Å². The van der Waals surface area contributed by atoms with Crippen LogP contribution in [0.1, 0.15) is 57.1 Å². The van der Waals surface area contributed by atoms with Crippen LogP contribution in [0.25, 0.3) is 0 Å². The molecule has 1 aliphatic carbocycles. The largest absolute Gasteiger partial charge is 0.352 e. The number of likely N-dealkylation sites (tertiary alicyclic amines) is 1. The number of nitrogens with one attached hydrogen (secondary N) is 2. The Balaban J connectivity index is 1.80. The molecule has 1 saturated heterocycles. The number of rotatable bonds is 4. The number of benzene rings is 1. The van der Waals surface area contributed by atoms with E-state index in [-0.39, 0.29) is 34.5 Å². The number of hydrogen-bond donors (Lipinski definition) is 2. The molecule has 2 aliphatic rings. The van der Waals surface area contributed by atoms with Gasteiger partial charge in [-0.2, -0.15) is 0 Å². The van der Waals surface area contributed by atoms with Gasteiger partial charge < -0.3 is 15.5 Å². The molecule has 2 N–H and O–H groups in total. The molecule has 0 spiro atoms. The summed E-state index contributed by atoms with van der Waals surface area (Å²) in [5, 5.41) is 5.54. The fourth-order valence-electron chi connectivity index (χ4n) is 4.34. The van der Waals surface area contributed by atoms with E-state index in [0.717, 1.165) is 44.6 Å². The van der Waals surface area contributed by atoms with Crippen LogP contribution in [0.2, 0.25) is 5.02 Å². The van der Waals surface area contributed by atoms with E-state index in [1.54, 1.807) is 4.90 Å². The normalized spacial score (nSPS) is 21.4. The standard InChI is InChI=1S/C20H26ClF2N3O2/c1-12(27)24-14-7-4-10-26(11-14)20(28)25-19(13-5-2-3-6-13)17-16(22)9-8-15(21)18(17)23/h8-9,13-14,19H,2-7,10-11H2,1H3,(H,24,27)(H,25,28). The van der Waals surface area contributed by atoms with Crippen LogP contribution in [0.4, 0.5) is 13.6 Å². The van der Waals surface area contributed by atoms with Crippen molar-refractivity contribution in [2.75, 3.05) is 13.1 Å². The SMILES string of the molecule is CC(=O)NC1CCCN(C(=O)NC(c2c(F)ccc(Cl)c2F)C2CCCC2)C1. The Hall–Kier alpha value is -1.89. The van der Waals surface area contributed by atoms with E-state index in [4.69, 9.17) is 11.6 Å². The quantitative estimate of drug-likeness (QED) is 0.728. The molecule has 2 fully saturated rings. The molecule has 0 radical (unpaired) electrons. The Morgan fingerprint density at radius 3 is 2.57 bits per heavy atom. The highest BCUT2D eigenvalue weighted by Crippen LogP contribution is 2.39. The first kappa shape index (κ1) is 20.8. The van der Waals surface area contributed by atoms with E-state index in [1.165, 1.54) is 13.0 Å². The summed E-state index contributed by atoms with van der Waals surface area (Å²) in [5.74, 6) is -1.69. The monoisotopic (exact) mass is 413 g/mol. The molecule has 0 aromatic heterocycles. The number of piperidine rings is 1. The fourth-order valence-corrected chi connectivity index (χ4v) is 4.50. The molecule has 5 nitrogen and oxygen atoms in total. The summed E-state index contributed by atoms with van der Waals surface area (Å²) in [6.07, 6.45) is 5.08. The maximum absolute atomic E-state index is 14.7. The molecule has 0 bridgehead atoms. The van der Waals surface area contributed by atoms with Gasteiger partial charge in [0.2, 0.25) is 5.91 Å². The van der Waals surface area contributed by atoms with Gasteiger partial charge in [0, 0.05) is 31.6 Å². The molecule has 8 heteroatoms. The molecular formula is C20H26ClF2N3O2. The highest BCUT2D eigenvalue weighted by Gasteiger charge is 2.34. The van der Waals surface area contributed by atoms with Gasteiger partial charge in [-0.25, -0.2) is 13.6 Å². The summed E-state index contributed by atoms with van der Waals surface area (Å²) < 4.78 is 29.2. The molecule has 1 aliphatic heterocycles. The Morgan fingerprint density at radius 1 is 1.18 bits per heavy atom. The Kier molecular flexibility index (Phi) is 6.75. The zero-order valence-corrected chi connectivity index (χ0v) is 16.7. The average molecular weight is 414 g/mol. The van der Waals surface area contributed by atoms with Crippen LogP contribution >= 0.6 is 11.6 Å². The zero-order chi connectivity index (χ0) is 20.3. The number of urea groups is 1. The first-order chi connectivity index (χ1) is 13.4. The second-order valence-corrected chi connectivity index (χ2v) is 8.12. The second kappa shape index (κ2) is 9.07. The minimum absolute atomic E-state index is 0.0395. The van der Waals surface area contributed by atoms with Crippen LogP contribution in [-0.4, -0.2) is 36.0 Å². The van der Waals surface area contributed by atoms with Crippen LogP contribution in [0.15, 0.2) is 12.1 Å². The summed E-state index contributed by atoms with van der Waals surface area (Å²) >= 11 is 5.88. The van der Waals surface area contributed by atoms with Gasteiger partial charge in [0.1, 0.15) is 11.6 Å². The molecule has 3 amide bonds. The highest BCUT2D eigenvalue weighted by molar-refractivity contribution is 6.30. The average Bonchev–Trinajstić information content (AvgIpc) is 3.18. The number of nitrogens with zero attached hydrogens (tertiary/aromatic N) is 1. The van der Waals surface area contributed by atoms with Crippen LogP contribution in [0, 0.1) is 17.6 Å². The van der Waals surface area contributed by atoms with Crippen LogP contribution in [0.3, 0.4) is 0 Å². The first-order valence-electron chi connectivity index (χ1n) is 9.82. The van der Waals surface area contributed by atoms with Gasteiger partial charge in [0.15, 0.2) is 0 Å². The highest BCUT2D eigenvalue weighted by atomic mass is 35.5. The topological polar surface area (TPSA) is 61.4 Å². The number of hydrogen-bond acceptors (Lipinski definition) is 2. The lowest BCUT2D eigenvalue weighted by Gasteiger charge is -2.35. The van der Waals surface area contributed by atoms with E-state index in [1.807, 2.05) is 0 Å². The van der Waals surface area contributed by atoms with Gasteiger partial charge in [-0.05, 0) is 43.7 Å². The van der Waals surface area contributed by atoms with Gasteiger partial charge in [-0.15, -0.1) is 0 Å². The second-order valence-electron chi connectivity index (χ2n) is 7.71. The van der Waals surface area contributed by atoms with Crippen molar-refractivity contribution in [2.24, 2.45) is 5.92 Å². The van der Waals surface area contributed by atoms with Gasteiger partial charge in [0.05, 0.1) is 11.1 Å². The molecule has 3 rings (SSSR count). The van der Waals surface area contributed by atoms with Crippen molar-refractivity contribution in [3.63, 3.8) is 0 Å². The number of amides is 3. The summed E-state index contributed by atoms with van der Waals surface area (Å²) in [6, 6.07) is 1.08. The van der Waals surface area contributed by atoms with Crippen molar-refractivity contribution in [2.45, 2.75) is 57.5 Å².